The lowest BCUT2D eigenvalue weighted by Gasteiger charge is -2.07. The summed E-state index contributed by atoms with van der Waals surface area (Å²) in [7, 11) is 0. The summed E-state index contributed by atoms with van der Waals surface area (Å²) in [5.74, 6) is -1.30. The summed E-state index contributed by atoms with van der Waals surface area (Å²) in [6.45, 7) is -0.571. The van der Waals surface area contributed by atoms with Crippen LogP contribution in [0, 0.1) is 17.1 Å². The highest BCUT2D eigenvalue weighted by Gasteiger charge is 2.16. The molecule has 0 radical (unpaired) electrons. The van der Waals surface area contributed by atoms with Crippen LogP contribution in [0.15, 0.2) is 46.4 Å². The van der Waals surface area contributed by atoms with Gasteiger partial charge in [0.25, 0.3) is 5.91 Å². The SMILES string of the molecule is N#CC(=Cc1ccc2c(c1)OCO2)C(=O)OCC(=O)Nc1ccc(Br)cc1F. The average Bonchev–Trinajstić information content (AvgIpc) is 3.14. The molecule has 1 N–H and O–H groups in total. The van der Waals surface area contributed by atoms with Crippen molar-refractivity contribution in [2.75, 3.05) is 18.7 Å². The minimum Gasteiger partial charge on any atom is -0.454 e. The molecule has 28 heavy (non-hydrogen) atoms. The van der Waals surface area contributed by atoms with E-state index in [0.29, 0.717) is 21.5 Å². The lowest BCUT2D eigenvalue weighted by molar-refractivity contribution is -0.142. The van der Waals surface area contributed by atoms with Crippen LogP contribution in [0.3, 0.4) is 0 Å². The van der Waals surface area contributed by atoms with Crippen molar-refractivity contribution in [2.45, 2.75) is 0 Å². The molecule has 0 aromatic heterocycles. The molecule has 1 aliphatic heterocycles. The van der Waals surface area contributed by atoms with E-state index in [1.165, 1.54) is 18.2 Å². The first-order valence-electron chi connectivity index (χ1n) is 7.90. The third kappa shape index (κ3) is 4.66. The summed E-state index contributed by atoms with van der Waals surface area (Å²) in [4.78, 5) is 23.9. The predicted molar refractivity (Wildman–Crippen MR) is 99.8 cm³/mol. The molecule has 0 aliphatic carbocycles. The van der Waals surface area contributed by atoms with Crippen molar-refractivity contribution in [3.05, 3.63) is 57.8 Å². The van der Waals surface area contributed by atoms with Gasteiger partial charge in [-0.1, -0.05) is 22.0 Å². The topological polar surface area (TPSA) is 97.7 Å². The van der Waals surface area contributed by atoms with Crippen LogP contribution in [0.2, 0.25) is 0 Å². The van der Waals surface area contributed by atoms with Crippen molar-refractivity contribution in [1.29, 1.82) is 5.26 Å². The minimum atomic E-state index is -0.980. The zero-order valence-electron chi connectivity index (χ0n) is 14.2. The molecule has 1 aliphatic rings. The number of hydrogen-bond donors (Lipinski definition) is 1. The number of hydrogen-bond acceptors (Lipinski definition) is 6. The number of anilines is 1. The standard InChI is InChI=1S/C19H12BrFN2O5/c20-13-2-3-15(14(21)7-13)23-18(24)9-26-19(25)12(8-22)5-11-1-4-16-17(6-11)28-10-27-16/h1-7H,9-10H2,(H,23,24). The Hall–Kier alpha value is -3.38. The maximum Gasteiger partial charge on any atom is 0.349 e. The number of amides is 1. The highest BCUT2D eigenvalue weighted by molar-refractivity contribution is 9.10. The Labute approximate surface area is 167 Å². The van der Waals surface area contributed by atoms with E-state index >= 15 is 0 Å². The minimum absolute atomic E-state index is 0.0549. The second kappa shape index (κ2) is 8.54. The molecule has 9 heteroatoms. The molecular weight excluding hydrogens is 435 g/mol. The number of fused-ring (bicyclic) bond motifs is 1. The molecule has 2 aromatic carbocycles. The van der Waals surface area contributed by atoms with Gasteiger partial charge in [0.15, 0.2) is 18.1 Å². The normalized spacial score (nSPS) is 12.2. The summed E-state index contributed by atoms with van der Waals surface area (Å²) >= 11 is 3.11. The van der Waals surface area contributed by atoms with Gasteiger partial charge in [-0.25, -0.2) is 9.18 Å². The molecule has 0 saturated carbocycles. The third-order valence-corrected chi connectivity index (χ3v) is 4.08. The largest absolute Gasteiger partial charge is 0.454 e. The summed E-state index contributed by atoms with van der Waals surface area (Å²) in [6, 6.07) is 10.7. The van der Waals surface area contributed by atoms with E-state index < -0.39 is 24.3 Å². The zero-order chi connectivity index (χ0) is 20.1. The van der Waals surface area contributed by atoms with Crippen molar-refractivity contribution in [2.24, 2.45) is 0 Å². The fraction of sp³-hybridized carbons (Fsp3) is 0.105. The van der Waals surface area contributed by atoms with E-state index in [0.717, 1.165) is 0 Å². The molecule has 2 aromatic rings. The van der Waals surface area contributed by atoms with Gasteiger partial charge in [0.05, 0.1) is 5.69 Å². The Kier molecular flexibility index (Phi) is 5.91. The number of rotatable bonds is 5. The summed E-state index contributed by atoms with van der Waals surface area (Å²) in [6.07, 6.45) is 1.30. The quantitative estimate of drug-likeness (QED) is 0.429. The number of nitriles is 1. The number of carbonyl (C=O) groups is 2. The van der Waals surface area contributed by atoms with Gasteiger partial charge in [-0.3, -0.25) is 4.79 Å². The monoisotopic (exact) mass is 446 g/mol. The van der Waals surface area contributed by atoms with Crippen LogP contribution < -0.4 is 14.8 Å². The highest BCUT2D eigenvalue weighted by Crippen LogP contribution is 2.33. The highest BCUT2D eigenvalue weighted by atomic mass is 79.9. The predicted octanol–water partition coefficient (Wildman–Crippen LogP) is 3.41. The van der Waals surface area contributed by atoms with Crippen LogP contribution in [0.5, 0.6) is 11.5 Å². The molecule has 0 spiro atoms. The number of benzene rings is 2. The van der Waals surface area contributed by atoms with Gasteiger partial charge >= 0.3 is 5.97 Å². The molecular formula is C19H12BrFN2O5. The van der Waals surface area contributed by atoms with Crippen LogP contribution in [0.4, 0.5) is 10.1 Å². The van der Waals surface area contributed by atoms with Crippen molar-refractivity contribution in [3.63, 3.8) is 0 Å². The zero-order valence-corrected chi connectivity index (χ0v) is 15.8. The maximum absolute atomic E-state index is 13.7. The van der Waals surface area contributed by atoms with E-state index in [2.05, 4.69) is 21.2 Å². The van der Waals surface area contributed by atoms with Crippen LogP contribution in [-0.4, -0.2) is 25.3 Å². The smallest absolute Gasteiger partial charge is 0.349 e. The number of nitrogens with one attached hydrogen (secondary N) is 1. The van der Waals surface area contributed by atoms with E-state index in [1.807, 2.05) is 0 Å². The molecule has 3 rings (SSSR count). The Balaban J connectivity index is 1.61. The van der Waals surface area contributed by atoms with Crippen LogP contribution in [0.25, 0.3) is 6.08 Å². The second-order valence-electron chi connectivity index (χ2n) is 5.53. The van der Waals surface area contributed by atoms with Gasteiger partial charge < -0.3 is 19.5 Å². The van der Waals surface area contributed by atoms with Gasteiger partial charge in [0, 0.05) is 4.47 Å². The fourth-order valence-electron chi connectivity index (χ4n) is 2.29. The Morgan fingerprint density at radius 1 is 1.25 bits per heavy atom. The first-order chi connectivity index (χ1) is 13.5. The number of carbonyl (C=O) groups excluding carboxylic acids is 2. The summed E-state index contributed by atoms with van der Waals surface area (Å²) in [5.41, 5.74) is 0.168. The summed E-state index contributed by atoms with van der Waals surface area (Å²) in [5, 5.41) is 11.5. The maximum atomic E-state index is 13.7. The molecule has 0 unspecified atom stereocenters. The summed E-state index contributed by atoms with van der Waals surface area (Å²) < 4.78 is 29.5. The van der Waals surface area contributed by atoms with Crippen molar-refractivity contribution in [3.8, 4) is 17.6 Å². The third-order valence-electron chi connectivity index (χ3n) is 3.59. The Morgan fingerprint density at radius 3 is 2.79 bits per heavy atom. The van der Waals surface area contributed by atoms with Crippen LogP contribution in [0.1, 0.15) is 5.56 Å². The van der Waals surface area contributed by atoms with Gasteiger partial charge in [-0.05, 0) is 42.0 Å². The number of halogens is 2. The first kappa shape index (κ1) is 19.4. The molecule has 1 amide bonds. The molecule has 0 atom stereocenters. The fourth-order valence-corrected chi connectivity index (χ4v) is 2.63. The molecule has 142 valence electrons. The molecule has 0 fully saturated rings. The van der Waals surface area contributed by atoms with Crippen molar-refractivity contribution >= 4 is 39.6 Å². The molecule has 0 bridgehead atoms. The number of esters is 1. The van der Waals surface area contributed by atoms with Crippen molar-refractivity contribution < 1.29 is 28.2 Å². The van der Waals surface area contributed by atoms with Crippen LogP contribution >= 0.6 is 15.9 Å². The molecule has 0 saturated heterocycles. The van der Waals surface area contributed by atoms with E-state index in [4.69, 9.17) is 14.2 Å². The lowest BCUT2D eigenvalue weighted by Crippen LogP contribution is -2.21. The lowest BCUT2D eigenvalue weighted by atomic mass is 10.1. The Morgan fingerprint density at radius 2 is 2.04 bits per heavy atom. The van der Waals surface area contributed by atoms with E-state index in [1.54, 1.807) is 30.3 Å². The number of ether oxygens (including phenoxy) is 3. The van der Waals surface area contributed by atoms with E-state index in [-0.39, 0.29) is 18.1 Å². The van der Waals surface area contributed by atoms with Crippen molar-refractivity contribution in [1.82, 2.24) is 0 Å². The van der Waals surface area contributed by atoms with Crippen LogP contribution in [-0.2, 0) is 14.3 Å². The molecule has 1 heterocycles. The van der Waals surface area contributed by atoms with Gasteiger partial charge in [-0.2, -0.15) is 5.26 Å². The second-order valence-corrected chi connectivity index (χ2v) is 6.45. The Bertz CT molecular complexity index is 1020. The van der Waals surface area contributed by atoms with Gasteiger partial charge in [-0.15, -0.1) is 0 Å². The average molecular weight is 447 g/mol. The molecule has 7 nitrogen and oxygen atoms in total. The van der Waals surface area contributed by atoms with Gasteiger partial charge in [0.1, 0.15) is 17.5 Å². The number of nitrogens with zero attached hydrogens (tertiary/aromatic N) is 1. The van der Waals surface area contributed by atoms with Gasteiger partial charge in [0.2, 0.25) is 6.79 Å². The van der Waals surface area contributed by atoms with E-state index in [9.17, 15) is 19.2 Å². The first-order valence-corrected chi connectivity index (χ1v) is 8.69.